The van der Waals surface area contributed by atoms with Crippen LogP contribution in [0.5, 0.6) is 0 Å². The van der Waals surface area contributed by atoms with Gasteiger partial charge in [-0.1, -0.05) is 28.1 Å². The molecule has 1 aromatic rings. The van der Waals surface area contributed by atoms with Gasteiger partial charge in [0.1, 0.15) is 0 Å². The molecule has 2 nitrogen and oxygen atoms in total. The van der Waals surface area contributed by atoms with Crippen molar-refractivity contribution in [2.45, 2.75) is 25.0 Å². The summed E-state index contributed by atoms with van der Waals surface area (Å²) in [5.41, 5.74) is 1.25. The SMILES string of the molecule is OC1CCNC(c2cccc(Br)c2)C1. The van der Waals surface area contributed by atoms with E-state index in [9.17, 15) is 5.11 Å². The molecule has 0 spiro atoms. The lowest BCUT2D eigenvalue weighted by Gasteiger charge is -2.27. The summed E-state index contributed by atoms with van der Waals surface area (Å²) in [5, 5.41) is 13.0. The van der Waals surface area contributed by atoms with Crippen molar-refractivity contribution in [1.29, 1.82) is 0 Å². The number of nitrogens with one attached hydrogen (secondary N) is 1. The predicted molar refractivity (Wildman–Crippen MR) is 60.1 cm³/mol. The molecule has 1 aliphatic rings. The van der Waals surface area contributed by atoms with E-state index < -0.39 is 0 Å². The Labute approximate surface area is 92.5 Å². The first-order valence-corrected chi connectivity index (χ1v) is 5.72. The van der Waals surface area contributed by atoms with Crippen molar-refractivity contribution in [1.82, 2.24) is 5.32 Å². The molecule has 0 aromatic heterocycles. The highest BCUT2D eigenvalue weighted by molar-refractivity contribution is 9.10. The molecule has 0 aliphatic carbocycles. The monoisotopic (exact) mass is 255 g/mol. The zero-order chi connectivity index (χ0) is 9.97. The molecule has 2 rings (SSSR count). The molecule has 3 heteroatoms. The second kappa shape index (κ2) is 4.43. The molecule has 0 amide bonds. The van der Waals surface area contributed by atoms with Gasteiger partial charge in [0.15, 0.2) is 0 Å². The molecule has 1 heterocycles. The second-order valence-electron chi connectivity index (χ2n) is 3.74. The lowest BCUT2D eigenvalue weighted by molar-refractivity contribution is 0.116. The van der Waals surface area contributed by atoms with Crippen LogP contribution in [0.4, 0.5) is 0 Å². The summed E-state index contributed by atoms with van der Waals surface area (Å²) in [4.78, 5) is 0. The number of halogens is 1. The van der Waals surface area contributed by atoms with E-state index in [1.165, 1.54) is 5.56 Å². The number of benzene rings is 1. The van der Waals surface area contributed by atoms with Crippen LogP contribution in [-0.4, -0.2) is 17.8 Å². The van der Waals surface area contributed by atoms with E-state index in [2.05, 4.69) is 33.4 Å². The Hall–Kier alpha value is -0.380. The quantitative estimate of drug-likeness (QED) is 0.807. The maximum Gasteiger partial charge on any atom is 0.0570 e. The summed E-state index contributed by atoms with van der Waals surface area (Å²) in [6.07, 6.45) is 1.53. The third-order valence-electron chi connectivity index (χ3n) is 2.63. The van der Waals surface area contributed by atoms with E-state index in [1.807, 2.05) is 12.1 Å². The summed E-state index contributed by atoms with van der Waals surface area (Å²) in [6, 6.07) is 8.55. The summed E-state index contributed by atoms with van der Waals surface area (Å²) < 4.78 is 1.09. The van der Waals surface area contributed by atoms with Gasteiger partial charge in [0.2, 0.25) is 0 Å². The van der Waals surface area contributed by atoms with Crippen LogP contribution in [0.25, 0.3) is 0 Å². The summed E-state index contributed by atoms with van der Waals surface area (Å²) in [5.74, 6) is 0. The molecular weight excluding hydrogens is 242 g/mol. The Morgan fingerprint density at radius 2 is 2.29 bits per heavy atom. The van der Waals surface area contributed by atoms with Gasteiger partial charge in [0.25, 0.3) is 0 Å². The Balaban J connectivity index is 2.14. The maximum atomic E-state index is 9.56. The van der Waals surface area contributed by atoms with Crippen LogP contribution in [0.1, 0.15) is 24.4 Å². The van der Waals surface area contributed by atoms with Gasteiger partial charge in [0.05, 0.1) is 6.10 Å². The van der Waals surface area contributed by atoms with Crippen molar-refractivity contribution < 1.29 is 5.11 Å². The highest BCUT2D eigenvalue weighted by atomic mass is 79.9. The molecule has 14 heavy (non-hydrogen) atoms. The Morgan fingerprint density at radius 3 is 3.00 bits per heavy atom. The van der Waals surface area contributed by atoms with Crippen LogP contribution in [-0.2, 0) is 0 Å². The molecule has 1 aliphatic heterocycles. The first kappa shape index (κ1) is 10.1. The fraction of sp³-hybridized carbons (Fsp3) is 0.455. The highest BCUT2D eigenvalue weighted by Gasteiger charge is 2.20. The number of rotatable bonds is 1. The Bertz CT molecular complexity index is 316. The molecular formula is C11H14BrNO. The Morgan fingerprint density at radius 1 is 1.43 bits per heavy atom. The van der Waals surface area contributed by atoms with Crippen LogP contribution in [0.3, 0.4) is 0 Å². The Kier molecular flexibility index (Phi) is 3.21. The molecule has 0 radical (unpaired) electrons. The summed E-state index contributed by atoms with van der Waals surface area (Å²) in [6.45, 7) is 0.901. The van der Waals surface area contributed by atoms with Gasteiger partial charge in [-0.2, -0.15) is 0 Å². The molecule has 1 saturated heterocycles. The van der Waals surface area contributed by atoms with Gasteiger partial charge in [-0.3, -0.25) is 0 Å². The zero-order valence-electron chi connectivity index (χ0n) is 7.91. The lowest BCUT2D eigenvalue weighted by atomic mass is 9.96. The van der Waals surface area contributed by atoms with Gasteiger partial charge in [0, 0.05) is 10.5 Å². The van der Waals surface area contributed by atoms with Crippen LogP contribution >= 0.6 is 15.9 Å². The van der Waals surface area contributed by atoms with Crippen molar-refractivity contribution >= 4 is 15.9 Å². The smallest absolute Gasteiger partial charge is 0.0570 e. The highest BCUT2D eigenvalue weighted by Crippen LogP contribution is 2.25. The summed E-state index contributed by atoms with van der Waals surface area (Å²) >= 11 is 3.45. The average molecular weight is 256 g/mol. The second-order valence-corrected chi connectivity index (χ2v) is 4.66. The van der Waals surface area contributed by atoms with E-state index in [4.69, 9.17) is 0 Å². The minimum atomic E-state index is -0.153. The van der Waals surface area contributed by atoms with Crippen LogP contribution < -0.4 is 5.32 Å². The minimum absolute atomic E-state index is 0.153. The molecule has 0 saturated carbocycles. The number of aliphatic hydroxyl groups is 1. The molecule has 2 N–H and O–H groups in total. The third-order valence-corrected chi connectivity index (χ3v) is 3.12. The third kappa shape index (κ3) is 2.35. The number of piperidine rings is 1. The summed E-state index contributed by atoms with van der Waals surface area (Å²) in [7, 11) is 0. The van der Waals surface area contributed by atoms with Crippen LogP contribution in [0.2, 0.25) is 0 Å². The number of hydrogen-bond acceptors (Lipinski definition) is 2. The van der Waals surface area contributed by atoms with Crippen molar-refractivity contribution in [2.75, 3.05) is 6.54 Å². The van der Waals surface area contributed by atoms with E-state index in [0.717, 1.165) is 23.9 Å². The van der Waals surface area contributed by atoms with Crippen molar-refractivity contribution in [3.8, 4) is 0 Å². The molecule has 0 bridgehead atoms. The topological polar surface area (TPSA) is 32.3 Å². The van der Waals surface area contributed by atoms with E-state index in [1.54, 1.807) is 0 Å². The lowest BCUT2D eigenvalue weighted by Crippen LogP contribution is -2.34. The van der Waals surface area contributed by atoms with Gasteiger partial charge in [-0.15, -0.1) is 0 Å². The van der Waals surface area contributed by atoms with Gasteiger partial charge in [-0.05, 0) is 37.1 Å². The first-order valence-electron chi connectivity index (χ1n) is 4.92. The average Bonchev–Trinajstić information content (AvgIpc) is 2.18. The van der Waals surface area contributed by atoms with E-state index in [-0.39, 0.29) is 6.10 Å². The van der Waals surface area contributed by atoms with Crippen LogP contribution in [0.15, 0.2) is 28.7 Å². The standard InChI is InChI=1S/C11H14BrNO/c12-9-3-1-2-8(6-9)11-7-10(14)4-5-13-11/h1-3,6,10-11,13-14H,4-5,7H2. The number of hydrogen-bond donors (Lipinski definition) is 2. The zero-order valence-corrected chi connectivity index (χ0v) is 9.50. The fourth-order valence-corrected chi connectivity index (χ4v) is 2.29. The van der Waals surface area contributed by atoms with Crippen molar-refractivity contribution in [2.24, 2.45) is 0 Å². The maximum absolute atomic E-state index is 9.56. The van der Waals surface area contributed by atoms with Gasteiger partial charge < -0.3 is 10.4 Å². The molecule has 2 atom stereocenters. The van der Waals surface area contributed by atoms with Crippen LogP contribution in [0, 0.1) is 0 Å². The molecule has 2 unspecified atom stereocenters. The van der Waals surface area contributed by atoms with Gasteiger partial charge >= 0.3 is 0 Å². The number of aliphatic hydroxyl groups excluding tert-OH is 1. The molecule has 1 aromatic carbocycles. The largest absolute Gasteiger partial charge is 0.393 e. The van der Waals surface area contributed by atoms with Crippen molar-refractivity contribution in [3.63, 3.8) is 0 Å². The minimum Gasteiger partial charge on any atom is -0.393 e. The fourth-order valence-electron chi connectivity index (χ4n) is 1.87. The van der Waals surface area contributed by atoms with Gasteiger partial charge in [-0.25, -0.2) is 0 Å². The molecule has 76 valence electrons. The predicted octanol–water partition coefficient (Wildman–Crippen LogP) is 2.23. The van der Waals surface area contributed by atoms with E-state index >= 15 is 0 Å². The van der Waals surface area contributed by atoms with Crippen molar-refractivity contribution in [3.05, 3.63) is 34.3 Å². The first-order chi connectivity index (χ1) is 6.75. The van der Waals surface area contributed by atoms with E-state index in [0.29, 0.717) is 6.04 Å². The normalized spacial score (nSPS) is 27.6. The molecule has 1 fully saturated rings.